The average molecular weight is 277 g/mol. The largest absolute Gasteiger partial charge is 0.465 e. The molecule has 0 aromatic carbocycles. The van der Waals surface area contributed by atoms with Crippen molar-refractivity contribution in [3.05, 3.63) is 20.8 Å². The number of ether oxygens (including phenoxy) is 1. The normalized spacial score (nSPS) is 10.6. The molecular weight excluding hydrogens is 272 g/mol. The number of methoxy groups -OCH3 is 1. The first kappa shape index (κ1) is 9.18. The highest BCUT2D eigenvalue weighted by Crippen LogP contribution is 2.37. The van der Waals surface area contributed by atoms with E-state index in [0.29, 0.717) is 5.56 Å². The predicted octanol–water partition coefficient (Wildman–Crippen LogP) is 3.51. The first-order valence-corrected chi connectivity index (χ1v) is 6.01. The Morgan fingerprint density at radius 2 is 2.15 bits per heavy atom. The molecule has 13 heavy (non-hydrogen) atoms. The summed E-state index contributed by atoms with van der Waals surface area (Å²) < 4.78 is 6.79. The van der Waals surface area contributed by atoms with Gasteiger partial charge in [-0.1, -0.05) is 0 Å². The highest BCUT2D eigenvalue weighted by molar-refractivity contribution is 9.10. The number of rotatable bonds is 1. The maximum atomic E-state index is 11.3. The molecule has 0 unspecified atom stereocenters. The van der Waals surface area contributed by atoms with E-state index in [1.807, 2.05) is 10.8 Å². The van der Waals surface area contributed by atoms with Crippen molar-refractivity contribution in [1.29, 1.82) is 0 Å². The van der Waals surface area contributed by atoms with Crippen molar-refractivity contribution in [2.45, 2.75) is 0 Å². The number of esters is 1. The lowest BCUT2D eigenvalue weighted by Crippen LogP contribution is -1.98. The van der Waals surface area contributed by atoms with Gasteiger partial charge in [-0.2, -0.15) is 0 Å². The zero-order valence-corrected chi connectivity index (χ0v) is 9.88. The molecule has 2 aromatic heterocycles. The van der Waals surface area contributed by atoms with Crippen molar-refractivity contribution >= 4 is 54.0 Å². The smallest absolute Gasteiger partial charge is 0.339 e. The molecular formula is C8H5BrO2S2. The molecule has 0 aliphatic heterocycles. The van der Waals surface area contributed by atoms with Crippen LogP contribution in [0.5, 0.6) is 0 Å². The van der Waals surface area contributed by atoms with E-state index in [0.717, 1.165) is 13.9 Å². The van der Waals surface area contributed by atoms with Crippen molar-refractivity contribution in [2.75, 3.05) is 7.11 Å². The first-order chi connectivity index (χ1) is 6.24. The summed E-state index contributed by atoms with van der Waals surface area (Å²) in [5.74, 6) is -0.273. The molecule has 2 aromatic rings. The number of carbonyl (C=O) groups excluding carboxylic acids is 1. The van der Waals surface area contributed by atoms with Gasteiger partial charge in [-0.25, -0.2) is 4.79 Å². The number of thiophene rings is 2. The summed E-state index contributed by atoms with van der Waals surface area (Å²) in [5.41, 5.74) is 0.649. The van der Waals surface area contributed by atoms with Crippen LogP contribution in [0, 0.1) is 0 Å². The van der Waals surface area contributed by atoms with E-state index in [1.54, 1.807) is 22.7 Å². The van der Waals surface area contributed by atoms with E-state index in [2.05, 4.69) is 20.7 Å². The lowest BCUT2D eigenvalue weighted by atomic mass is 10.2. The zero-order valence-electron chi connectivity index (χ0n) is 6.67. The van der Waals surface area contributed by atoms with Gasteiger partial charge in [0.25, 0.3) is 0 Å². The fraction of sp³-hybridized carbons (Fsp3) is 0.125. The molecule has 5 heteroatoms. The minimum absolute atomic E-state index is 0.273. The highest BCUT2D eigenvalue weighted by Gasteiger charge is 2.15. The van der Waals surface area contributed by atoms with Crippen LogP contribution in [-0.4, -0.2) is 13.1 Å². The minimum Gasteiger partial charge on any atom is -0.465 e. The highest BCUT2D eigenvalue weighted by atomic mass is 79.9. The molecule has 0 spiro atoms. The molecule has 0 saturated carbocycles. The topological polar surface area (TPSA) is 26.3 Å². The molecule has 68 valence electrons. The van der Waals surface area contributed by atoms with Crippen LogP contribution < -0.4 is 0 Å². The second kappa shape index (κ2) is 3.40. The molecule has 0 atom stereocenters. The maximum absolute atomic E-state index is 11.3. The van der Waals surface area contributed by atoms with E-state index in [4.69, 9.17) is 0 Å². The number of hydrogen-bond acceptors (Lipinski definition) is 4. The molecule has 2 nitrogen and oxygen atoms in total. The SMILES string of the molecule is COC(=O)c1csc2scc(Br)c12. The Bertz CT molecular complexity index is 458. The lowest BCUT2D eigenvalue weighted by molar-refractivity contribution is 0.0603. The van der Waals surface area contributed by atoms with Gasteiger partial charge in [0.1, 0.15) is 0 Å². The van der Waals surface area contributed by atoms with Gasteiger partial charge in [0, 0.05) is 20.6 Å². The first-order valence-electron chi connectivity index (χ1n) is 3.46. The number of halogens is 1. The van der Waals surface area contributed by atoms with Gasteiger partial charge in [-0.05, 0) is 15.9 Å². The predicted molar refractivity (Wildman–Crippen MR) is 58.7 cm³/mol. The molecule has 0 N–H and O–H groups in total. The summed E-state index contributed by atoms with van der Waals surface area (Å²) in [6, 6.07) is 0. The van der Waals surface area contributed by atoms with Crippen LogP contribution in [-0.2, 0) is 4.74 Å². The molecule has 0 saturated heterocycles. The molecule has 0 aliphatic carbocycles. The Kier molecular flexibility index (Phi) is 2.40. The summed E-state index contributed by atoms with van der Waals surface area (Å²) in [6.45, 7) is 0. The Labute approximate surface area is 91.3 Å². The standard InChI is InChI=1S/C8H5BrO2S2/c1-11-7(10)4-2-12-8-6(4)5(9)3-13-8/h2-3H,1H3. The van der Waals surface area contributed by atoms with Crippen LogP contribution >= 0.6 is 38.6 Å². The van der Waals surface area contributed by atoms with Gasteiger partial charge >= 0.3 is 5.97 Å². The Morgan fingerprint density at radius 1 is 1.46 bits per heavy atom. The van der Waals surface area contributed by atoms with Gasteiger partial charge < -0.3 is 4.74 Å². The summed E-state index contributed by atoms with van der Waals surface area (Å²) in [7, 11) is 1.39. The Balaban J connectivity index is 2.68. The maximum Gasteiger partial charge on any atom is 0.339 e. The monoisotopic (exact) mass is 276 g/mol. The van der Waals surface area contributed by atoms with Crippen LogP contribution in [0.4, 0.5) is 0 Å². The van der Waals surface area contributed by atoms with E-state index in [-0.39, 0.29) is 5.97 Å². The van der Waals surface area contributed by atoms with Gasteiger partial charge in [0.15, 0.2) is 0 Å². The fourth-order valence-electron chi connectivity index (χ4n) is 1.08. The second-order valence-corrected chi connectivity index (χ2v) is 5.26. The average Bonchev–Trinajstić information content (AvgIpc) is 2.68. The van der Waals surface area contributed by atoms with Crippen LogP contribution in [0.1, 0.15) is 10.4 Å². The zero-order chi connectivity index (χ0) is 9.42. The molecule has 0 radical (unpaired) electrons. The van der Waals surface area contributed by atoms with E-state index in [1.165, 1.54) is 7.11 Å². The van der Waals surface area contributed by atoms with E-state index in [9.17, 15) is 4.79 Å². The summed E-state index contributed by atoms with van der Waals surface area (Å²) in [6.07, 6.45) is 0. The molecule has 0 aliphatic rings. The Hall–Kier alpha value is -0.390. The molecule has 2 rings (SSSR count). The van der Waals surface area contributed by atoms with Gasteiger partial charge in [0.2, 0.25) is 0 Å². The summed E-state index contributed by atoms with van der Waals surface area (Å²) in [4.78, 5) is 11.3. The van der Waals surface area contributed by atoms with Gasteiger partial charge in [0.05, 0.1) is 16.7 Å². The van der Waals surface area contributed by atoms with Crippen molar-refractivity contribution in [1.82, 2.24) is 0 Å². The minimum atomic E-state index is -0.273. The summed E-state index contributed by atoms with van der Waals surface area (Å²) >= 11 is 6.60. The van der Waals surface area contributed by atoms with E-state index >= 15 is 0 Å². The molecule has 0 bridgehead atoms. The Morgan fingerprint density at radius 3 is 2.85 bits per heavy atom. The van der Waals surface area contributed by atoms with Crippen LogP contribution in [0.3, 0.4) is 0 Å². The number of fused-ring (bicyclic) bond motifs is 1. The second-order valence-electron chi connectivity index (χ2n) is 2.39. The number of carbonyl (C=O) groups is 1. The van der Waals surface area contributed by atoms with Crippen LogP contribution in [0.25, 0.3) is 9.40 Å². The van der Waals surface area contributed by atoms with Crippen LogP contribution in [0.2, 0.25) is 0 Å². The van der Waals surface area contributed by atoms with E-state index < -0.39 is 0 Å². The van der Waals surface area contributed by atoms with Crippen molar-refractivity contribution < 1.29 is 9.53 Å². The third kappa shape index (κ3) is 1.41. The van der Waals surface area contributed by atoms with Crippen molar-refractivity contribution in [3.8, 4) is 0 Å². The fourth-order valence-corrected chi connectivity index (χ4v) is 3.99. The molecule has 0 amide bonds. The third-order valence-corrected chi connectivity index (χ3v) is 4.72. The van der Waals surface area contributed by atoms with Crippen molar-refractivity contribution in [3.63, 3.8) is 0 Å². The van der Waals surface area contributed by atoms with Gasteiger partial charge in [-0.3, -0.25) is 0 Å². The number of hydrogen-bond donors (Lipinski definition) is 0. The quantitative estimate of drug-likeness (QED) is 0.745. The molecule has 2 heterocycles. The van der Waals surface area contributed by atoms with Crippen LogP contribution in [0.15, 0.2) is 15.2 Å². The third-order valence-electron chi connectivity index (χ3n) is 1.67. The van der Waals surface area contributed by atoms with Crippen molar-refractivity contribution in [2.24, 2.45) is 0 Å². The summed E-state index contributed by atoms with van der Waals surface area (Å²) in [5, 5.41) is 4.78. The lowest BCUT2D eigenvalue weighted by Gasteiger charge is -1.94. The van der Waals surface area contributed by atoms with Gasteiger partial charge in [-0.15, -0.1) is 22.7 Å². The molecule has 0 fully saturated rings.